The highest BCUT2D eigenvalue weighted by molar-refractivity contribution is 5.94. The minimum atomic E-state index is -1.18. The molecule has 2 N–H and O–H groups in total. The Morgan fingerprint density at radius 2 is 2.10 bits per heavy atom. The first kappa shape index (κ1) is 14.3. The molecular weight excluding hydrogens is 254 g/mol. The van der Waals surface area contributed by atoms with Crippen molar-refractivity contribution in [3.8, 4) is 0 Å². The topological polar surface area (TPSA) is 67.2 Å². The van der Waals surface area contributed by atoms with Gasteiger partial charge < -0.3 is 10.4 Å². The summed E-state index contributed by atoms with van der Waals surface area (Å²) in [6.07, 6.45) is 0.683. The summed E-state index contributed by atoms with van der Waals surface area (Å²) in [4.78, 5) is 12.0. The van der Waals surface area contributed by atoms with Gasteiger partial charge in [-0.15, -0.1) is 0 Å². The number of aliphatic hydroxyl groups excluding tert-OH is 1. The van der Waals surface area contributed by atoms with E-state index in [9.17, 15) is 9.90 Å². The maximum Gasteiger partial charge on any atom is 0.258 e. The van der Waals surface area contributed by atoms with Gasteiger partial charge in [0.25, 0.3) is 5.91 Å². The number of aromatic nitrogens is 2. The Labute approximate surface area is 118 Å². The van der Waals surface area contributed by atoms with Gasteiger partial charge >= 0.3 is 0 Å². The van der Waals surface area contributed by atoms with Crippen LogP contribution in [-0.2, 0) is 18.3 Å². The van der Waals surface area contributed by atoms with Crippen molar-refractivity contribution in [2.24, 2.45) is 7.05 Å². The van der Waals surface area contributed by atoms with Crippen LogP contribution in [0.4, 0.5) is 5.82 Å². The first-order chi connectivity index (χ1) is 9.61. The molecule has 0 saturated heterocycles. The Bertz CT molecular complexity index is 578. The molecule has 5 nitrogen and oxygen atoms in total. The second kappa shape index (κ2) is 6.34. The average Bonchev–Trinajstić information content (AvgIpc) is 2.79. The largest absolute Gasteiger partial charge is 0.378 e. The van der Waals surface area contributed by atoms with Crippen LogP contribution in [0.1, 0.15) is 30.7 Å². The molecule has 0 fully saturated rings. The zero-order valence-electron chi connectivity index (χ0n) is 11.7. The fourth-order valence-electron chi connectivity index (χ4n) is 2.00. The van der Waals surface area contributed by atoms with E-state index in [4.69, 9.17) is 0 Å². The van der Waals surface area contributed by atoms with Crippen LogP contribution in [0, 0.1) is 0 Å². The van der Waals surface area contributed by atoms with Gasteiger partial charge in [0.05, 0.1) is 5.69 Å². The van der Waals surface area contributed by atoms with E-state index in [0.717, 1.165) is 18.5 Å². The molecule has 2 rings (SSSR count). The molecule has 5 heteroatoms. The standard InChI is InChI=1S/C15H19N3O2/c1-3-7-12-10-13(18(2)17-12)16-15(20)14(19)11-8-5-4-6-9-11/h4-6,8-10,14,19H,3,7H2,1-2H3,(H,16,20). The number of nitrogens with zero attached hydrogens (tertiary/aromatic N) is 2. The maximum atomic E-state index is 12.0. The number of nitrogens with one attached hydrogen (secondary N) is 1. The highest BCUT2D eigenvalue weighted by Crippen LogP contribution is 2.16. The van der Waals surface area contributed by atoms with Crippen LogP contribution in [0.25, 0.3) is 0 Å². The summed E-state index contributed by atoms with van der Waals surface area (Å²) in [5.74, 6) is 0.135. The van der Waals surface area contributed by atoms with E-state index in [1.165, 1.54) is 0 Å². The molecule has 20 heavy (non-hydrogen) atoms. The molecule has 106 valence electrons. The summed E-state index contributed by atoms with van der Waals surface area (Å²) in [6.45, 7) is 2.08. The Balaban J connectivity index is 2.08. The van der Waals surface area contributed by atoms with Gasteiger partial charge in [-0.2, -0.15) is 5.10 Å². The number of carbonyl (C=O) groups is 1. The predicted octanol–water partition coefficient (Wildman–Crippen LogP) is 2.04. The first-order valence-corrected chi connectivity index (χ1v) is 6.68. The van der Waals surface area contributed by atoms with Crippen molar-refractivity contribution >= 4 is 11.7 Å². The fourth-order valence-corrected chi connectivity index (χ4v) is 2.00. The highest BCUT2D eigenvalue weighted by Gasteiger charge is 2.18. The number of amides is 1. The van der Waals surface area contributed by atoms with Crippen LogP contribution in [0.15, 0.2) is 36.4 Å². The van der Waals surface area contributed by atoms with Crippen LogP contribution >= 0.6 is 0 Å². The Kier molecular flexibility index (Phi) is 4.53. The van der Waals surface area contributed by atoms with Crippen LogP contribution < -0.4 is 5.32 Å². The lowest BCUT2D eigenvalue weighted by molar-refractivity contribution is -0.124. The molecule has 2 aromatic rings. The van der Waals surface area contributed by atoms with Crippen molar-refractivity contribution in [2.45, 2.75) is 25.9 Å². The molecule has 0 saturated carbocycles. The molecule has 0 radical (unpaired) electrons. The van der Waals surface area contributed by atoms with Gasteiger partial charge in [0, 0.05) is 13.1 Å². The smallest absolute Gasteiger partial charge is 0.258 e. The molecule has 1 unspecified atom stereocenters. The number of rotatable bonds is 5. The molecule has 0 aliphatic carbocycles. The number of benzene rings is 1. The number of carbonyl (C=O) groups excluding carboxylic acids is 1. The van der Waals surface area contributed by atoms with Gasteiger partial charge in [-0.05, 0) is 12.0 Å². The van der Waals surface area contributed by atoms with Crippen LogP contribution in [-0.4, -0.2) is 20.8 Å². The molecule has 0 aliphatic heterocycles. The first-order valence-electron chi connectivity index (χ1n) is 6.68. The third kappa shape index (κ3) is 3.24. The van der Waals surface area contributed by atoms with Crippen molar-refractivity contribution < 1.29 is 9.90 Å². The number of aryl methyl sites for hydroxylation is 2. The van der Waals surface area contributed by atoms with Crippen LogP contribution in [0.2, 0.25) is 0 Å². The maximum absolute atomic E-state index is 12.0. The third-order valence-electron chi connectivity index (χ3n) is 3.05. The minimum Gasteiger partial charge on any atom is -0.378 e. The molecule has 1 heterocycles. The molecule has 0 bridgehead atoms. The van der Waals surface area contributed by atoms with Gasteiger partial charge in [-0.3, -0.25) is 9.48 Å². The monoisotopic (exact) mass is 273 g/mol. The van der Waals surface area contributed by atoms with Crippen LogP contribution in [0.3, 0.4) is 0 Å². The Morgan fingerprint density at radius 3 is 2.75 bits per heavy atom. The van der Waals surface area contributed by atoms with Crippen molar-refractivity contribution in [1.82, 2.24) is 9.78 Å². The van der Waals surface area contributed by atoms with Gasteiger partial charge in [0.1, 0.15) is 5.82 Å². The van der Waals surface area contributed by atoms with Crippen molar-refractivity contribution in [3.63, 3.8) is 0 Å². The van der Waals surface area contributed by atoms with E-state index < -0.39 is 12.0 Å². The summed E-state index contributed by atoms with van der Waals surface area (Å²) in [7, 11) is 1.77. The SMILES string of the molecule is CCCc1cc(NC(=O)C(O)c2ccccc2)n(C)n1. The highest BCUT2D eigenvalue weighted by atomic mass is 16.3. The van der Waals surface area contributed by atoms with E-state index in [-0.39, 0.29) is 0 Å². The summed E-state index contributed by atoms with van der Waals surface area (Å²) in [5.41, 5.74) is 1.50. The number of hydrogen-bond donors (Lipinski definition) is 2. The van der Waals surface area contributed by atoms with E-state index in [2.05, 4.69) is 17.3 Å². The number of hydrogen-bond acceptors (Lipinski definition) is 3. The molecule has 1 aromatic carbocycles. The summed E-state index contributed by atoms with van der Waals surface area (Å²) < 4.78 is 1.61. The third-order valence-corrected chi connectivity index (χ3v) is 3.05. The summed E-state index contributed by atoms with van der Waals surface area (Å²) >= 11 is 0. The quantitative estimate of drug-likeness (QED) is 0.876. The molecule has 1 aromatic heterocycles. The van der Waals surface area contributed by atoms with Gasteiger partial charge in [-0.25, -0.2) is 0 Å². The van der Waals surface area contributed by atoms with Crippen molar-refractivity contribution in [3.05, 3.63) is 47.7 Å². The molecule has 1 atom stereocenters. The minimum absolute atomic E-state index is 0.456. The molecule has 0 aliphatic rings. The molecule has 1 amide bonds. The zero-order chi connectivity index (χ0) is 14.5. The van der Waals surface area contributed by atoms with Crippen molar-refractivity contribution in [1.29, 1.82) is 0 Å². The number of aliphatic hydroxyl groups is 1. The average molecular weight is 273 g/mol. The van der Waals surface area contributed by atoms with E-state index in [0.29, 0.717) is 11.4 Å². The van der Waals surface area contributed by atoms with Gasteiger partial charge in [0.2, 0.25) is 0 Å². The van der Waals surface area contributed by atoms with Crippen LogP contribution in [0.5, 0.6) is 0 Å². The second-order valence-electron chi connectivity index (χ2n) is 4.70. The molecule has 0 spiro atoms. The zero-order valence-corrected chi connectivity index (χ0v) is 11.7. The van der Waals surface area contributed by atoms with E-state index in [1.807, 2.05) is 12.1 Å². The fraction of sp³-hybridized carbons (Fsp3) is 0.333. The summed E-state index contributed by atoms with van der Waals surface area (Å²) in [5, 5.41) is 17.0. The van der Waals surface area contributed by atoms with E-state index in [1.54, 1.807) is 36.0 Å². The summed E-state index contributed by atoms with van der Waals surface area (Å²) in [6, 6.07) is 10.7. The lowest BCUT2D eigenvalue weighted by Gasteiger charge is -2.11. The normalized spacial score (nSPS) is 12.2. The lowest BCUT2D eigenvalue weighted by atomic mass is 10.1. The Morgan fingerprint density at radius 1 is 1.40 bits per heavy atom. The van der Waals surface area contributed by atoms with Gasteiger partial charge in [-0.1, -0.05) is 43.7 Å². The Hall–Kier alpha value is -2.14. The predicted molar refractivity (Wildman–Crippen MR) is 77.2 cm³/mol. The molecular formula is C15H19N3O2. The van der Waals surface area contributed by atoms with Gasteiger partial charge in [0.15, 0.2) is 6.10 Å². The number of anilines is 1. The second-order valence-corrected chi connectivity index (χ2v) is 4.70. The van der Waals surface area contributed by atoms with Crippen molar-refractivity contribution in [2.75, 3.05) is 5.32 Å². The van der Waals surface area contributed by atoms with E-state index >= 15 is 0 Å². The lowest BCUT2D eigenvalue weighted by Crippen LogP contribution is -2.22.